The molecule has 2 N–H and O–H groups in total. The molecular formula is C12H21N3OS. The van der Waals surface area contributed by atoms with E-state index in [4.69, 9.17) is 10.5 Å². The largest absolute Gasteiger partial charge is 0.484 e. The second-order valence-electron chi connectivity index (χ2n) is 5.22. The van der Waals surface area contributed by atoms with Crippen LogP contribution in [0.2, 0.25) is 0 Å². The van der Waals surface area contributed by atoms with E-state index in [1.54, 1.807) is 0 Å². The van der Waals surface area contributed by atoms with Gasteiger partial charge in [0.25, 0.3) is 0 Å². The highest BCUT2D eigenvalue weighted by molar-refractivity contribution is 7.11. The fourth-order valence-electron chi connectivity index (χ4n) is 1.96. The van der Waals surface area contributed by atoms with Gasteiger partial charge in [-0.25, -0.2) is 0 Å². The third kappa shape index (κ3) is 2.83. The number of ether oxygens (including phenoxy) is 1. The summed E-state index contributed by atoms with van der Waals surface area (Å²) in [7, 11) is 2.09. The summed E-state index contributed by atoms with van der Waals surface area (Å²) in [5.74, 6) is 2.93. The zero-order chi connectivity index (χ0) is 12.6. The standard InChI is InChI=1S/C12H21N3OS/c1-7(2)16-10-11(13)14-17-12(10)15(4)6-9-5-8(9)3/h7-9H,5-6H2,1-4H3,(H2,13,14). The number of nitrogen functional groups attached to an aromatic ring is 1. The van der Waals surface area contributed by atoms with Crippen molar-refractivity contribution < 1.29 is 4.74 Å². The summed E-state index contributed by atoms with van der Waals surface area (Å²) in [6.45, 7) is 7.37. The van der Waals surface area contributed by atoms with E-state index in [1.165, 1.54) is 18.0 Å². The minimum absolute atomic E-state index is 0.126. The van der Waals surface area contributed by atoms with E-state index in [2.05, 4.69) is 23.2 Å². The molecule has 1 aliphatic carbocycles. The molecule has 0 aliphatic heterocycles. The van der Waals surface area contributed by atoms with Crippen LogP contribution in [0.1, 0.15) is 27.2 Å². The Morgan fingerprint density at radius 2 is 2.24 bits per heavy atom. The molecule has 1 aromatic heterocycles. The van der Waals surface area contributed by atoms with Crippen molar-refractivity contribution in [1.29, 1.82) is 0 Å². The molecule has 1 saturated carbocycles. The van der Waals surface area contributed by atoms with Crippen LogP contribution >= 0.6 is 11.5 Å². The zero-order valence-electron chi connectivity index (χ0n) is 10.9. The monoisotopic (exact) mass is 255 g/mol. The first-order chi connectivity index (χ1) is 7.99. The number of nitrogens with two attached hydrogens (primary N) is 1. The van der Waals surface area contributed by atoms with E-state index in [1.807, 2.05) is 13.8 Å². The minimum atomic E-state index is 0.126. The van der Waals surface area contributed by atoms with Crippen LogP contribution in [0.25, 0.3) is 0 Å². The summed E-state index contributed by atoms with van der Waals surface area (Å²) in [4.78, 5) is 2.22. The summed E-state index contributed by atoms with van der Waals surface area (Å²) in [6.07, 6.45) is 1.46. The Morgan fingerprint density at radius 3 is 2.76 bits per heavy atom. The molecule has 1 aromatic rings. The Morgan fingerprint density at radius 1 is 1.59 bits per heavy atom. The van der Waals surface area contributed by atoms with Crippen LogP contribution in [-0.2, 0) is 0 Å². The number of anilines is 2. The quantitative estimate of drug-likeness (QED) is 0.878. The third-order valence-electron chi connectivity index (χ3n) is 3.14. The lowest BCUT2D eigenvalue weighted by atomic mass is 10.3. The first kappa shape index (κ1) is 12.5. The second-order valence-corrected chi connectivity index (χ2v) is 5.97. The third-order valence-corrected chi connectivity index (χ3v) is 4.10. The van der Waals surface area contributed by atoms with Gasteiger partial charge in [-0.15, -0.1) is 0 Å². The summed E-state index contributed by atoms with van der Waals surface area (Å²) < 4.78 is 9.94. The van der Waals surface area contributed by atoms with Crippen LogP contribution in [0.3, 0.4) is 0 Å². The maximum absolute atomic E-state index is 5.85. The summed E-state index contributed by atoms with van der Waals surface area (Å²) in [5, 5.41) is 1.05. The minimum Gasteiger partial charge on any atom is -0.484 e. The number of aromatic nitrogens is 1. The Kier molecular flexibility index (Phi) is 3.47. The molecule has 2 unspecified atom stereocenters. The van der Waals surface area contributed by atoms with Crippen LogP contribution in [0.15, 0.2) is 0 Å². The van der Waals surface area contributed by atoms with E-state index < -0.39 is 0 Å². The summed E-state index contributed by atoms with van der Waals surface area (Å²) in [5.41, 5.74) is 5.85. The van der Waals surface area contributed by atoms with E-state index in [-0.39, 0.29) is 6.10 Å². The molecule has 0 aromatic carbocycles. The highest BCUT2D eigenvalue weighted by Crippen LogP contribution is 2.42. The number of hydrogen-bond acceptors (Lipinski definition) is 5. The lowest BCUT2D eigenvalue weighted by Gasteiger charge is -2.19. The maximum atomic E-state index is 5.85. The predicted molar refractivity (Wildman–Crippen MR) is 72.8 cm³/mol. The molecule has 1 heterocycles. The average Bonchev–Trinajstić information content (AvgIpc) is 2.79. The molecule has 0 bridgehead atoms. The molecule has 4 nitrogen and oxygen atoms in total. The maximum Gasteiger partial charge on any atom is 0.198 e. The Labute approximate surface area is 107 Å². The van der Waals surface area contributed by atoms with Crippen LogP contribution in [-0.4, -0.2) is 24.1 Å². The van der Waals surface area contributed by atoms with Gasteiger partial charge in [0.2, 0.25) is 0 Å². The van der Waals surface area contributed by atoms with Gasteiger partial charge >= 0.3 is 0 Å². The first-order valence-corrected chi connectivity index (χ1v) is 6.89. The number of rotatable bonds is 5. The molecule has 1 aliphatic rings. The molecule has 2 atom stereocenters. The number of nitrogens with zero attached hydrogens (tertiary/aromatic N) is 2. The highest BCUT2D eigenvalue weighted by Gasteiger charge is 2.34. The summed E-state index contributed by atoms with van der Waals surface area (Å²) >= 11 is 1.42. The normalized spacial score (nSPS) is 22.9. The van der Waals surface area contributed by atoms with Crippen LogP contribution < -0.4 is 15.4 Å². The van der Waals surface area contributed by atoms with Crippen LogP contribution in [0.5, 0.6) is 5.75 Å². The van der Waals surface area contributed by atoms with Gasteiger partial charge in [-0.3, -0.25) is 0 Å². The molecule has 96 valence electrons. The van der Waals surface area contributed by atoms with Crippen molar-refractivity contribution in [2.24, 2.45) is 11.8 Å². The molecule has 0 radical (unpaired) electrons. The lowest BCUT2D eigenvalue weighted by molar-refractivity contribution is 0.245. The van der Waals surface area contributed by atoms with E-state index in [0.29, 0.717) is 5.82 Å². The Hall–Kier alpha value is -0.970. The fourth-order valence-corrected chi connectivity index (χ4v) is 2.68. The van der Waals surface area contributed by atoms with E-state index in [9.17, 15) is 0 Å². The zero-order valence-corrected chi connectivity index (χ0v) is 11.8. The van der Waals surface area contributed by atoms with Gasteiger partial charge in [-0.05, 0) is 43.6 Å². The Bertz CT molecular complexity index is 391. The van der Waals surface area contributed by atoms with Gasteiger partial charge in [-0.1, -0.05) is 6.92 Å². The van der Waals surface area contributed by atoms with Gasteiger partial charge in [0, 0.05) is 13.6 Å². The van der Waals surface area contributed by atoms with Crippen molar-refractivity contribution in [2.75, 3.05) is 24.2 Å². The molecular weight excluding hydrogens is 234 g/mol. The van der Waals surface area contributed by atoms with Crippen molar-refractivity contribution in [3.63, 3.8) is 0 Å². The molecule has 0 spiro atoms. The van der Waals surface area contributed by atoms with Gasteiger partial charge in [0.05, 0.1) is 6.10 Å². The topological polar surface area (TPSA) is 51.4 Å². The van der Waals surface area contributed by atoms with Crippen molar-refractivity contribution in [3.8, 4) is 5.75 Å². The Balaban J connectivity index is 2.08. The fraction of sp³-hybridized carbons (Fsp3) is 0.750. The van der Waals surface area contributed by atoms with Crippen molar-refractivity contribution in [2.45, 2.75) is 33.3 Å². The molecule has 0 saturated heterocycles. The van der Waals surface area contributed by atoms with Gasteiger partial charge in [0.1, 0.15) is 0 Å². The molecule has 5 heteroatoms. The average molecular weight is 255 g/mol. The molecule has 17 heavy (non-hydrogen) atoms. The molecule has 1 fully saturated rings. The first-order valence-electron chi connectivity index (χ1n) is 6.12. The second kappa shape index (κ2) is 4.72. The number of hydrogen-bond donors (Lipinski definition) is 1. The van der Waals surface area contributed by atoms with Crippen LogP contribution in [0, 0.1) is 11.8 Å². The summed E-state index contributed by atoms with van der Waals surface area (Å²) in [6, 6.07) is 0. The highest BCUT2D eigenvalue weighted by atomic mass is 32.1. The van der Waals surface area contributed by atoms with Gasteiger partial charge < -0.3 is 15.4 Å². The SMILES string of the molecule is CC(C)Oc1c(N)nsc1N(C)CC1CC1C. The lowest BCUT2D eigenvalue weighted by Crippen LogP contribution is -2.21. The van der Waals surface area contributed by atoms with Crippen molar-refractivity contribution >= 4 is 22.4 Å². The molecule has 0 amide bonds. The molecule has 2 rings (SSSR count). The van der Waals surface area contributed by atoms with Gasteiger partial charge in [-0.2, -0.15) is 4.37 Å². The van der Waals surface area contributed by atoms with E-state index in [0.717, 1.165) is 29.1 Å². The smallest absolute Gasteiger partial charge is 0.198 e. The van der Waals surface area contributed by atoms with Gasteiger partial charge in [0.15, 0.2) is 16.6 Å². The van der Waals surface area contributed by atoms with Crippen molar-refractivity contribution in [3.05, 3.63) is 0 Å². The van der Waals surface area contributed by atoms with Crippen molar-refractivity contribution in [1.82, 2.24) is 4.37 Å². The predicted octanol–water partition coefficient (Wildman–Crippen LogP) is 2.60. The van der Waals surface area contributed by atoms with Crippen LogP contribution in [0.4, 0.5) is 10.8 Å². The van der Waals surface area contributed by atoms with E-state index >= 15 is 0 Å².